The highest BCUT2D eigenvalue weighted by atomic mass is 15.2. The second-order valence-electron chi connectivity index (χ2n) is 6.49. The Morgan fingerprint density at radius 2 is 1.86 bits per heavy atom. The van der Waals surface area contributed by atoms with Gasteiger partial charge in [-0.3, -0.25) is 4.90 Å². The quantitative estimate of drug-likeness (QED) is 0.847. The van der Waals surface area contributed by atoms with E-state index in [1.54, 1.807) is 0 Å². The van der Waals surface area contributed by atoms with Gasteiger partial charge in [-0.1, -0.05) is 24.3 Å². The van der Waals surface area contributed by atoms with Gasteiger partial charge in [0.05, 0.1) is 0 Å². The van der Waals surface area contributed by atoms with Crippen LogP contribution in [0.1, 0.15) is 24.8 Å². The summed E-state index contributed by atoms with van der Waals surface area (Å²) < 4.78 is 0. The molecule has 1 aliphatic carbocycles. The Kier molecular flexibility index (Phi) is 3.32. The van der Waals surface area contributed by atoms with Crippen molar-refractivity contribution in [3.05, 3.63) is 42.0 Å². The molecule has 3 N–H and O–H groups in total. The van der Waals surface area contributed by atoms with Crippen LogP contribution >= 0.6 is 0 Å². The first kappa shape index (κ1) is 13.1. The fourth-order valence-electron chi connectivity index (χ4n) is 3.44. The zero-order valence-corrected chi connectivity index (χ0v) is 12.4. The van der Waals surface area contributed by atoms with Crippen LogP contribution in [0.4, 0.5) is 5.69 Å². The molecule has 1 atom stereocenters. The van der Waals surface area contributed by atoms with Crippen molar-refractivity contribution in [2.24, 2.45) is 0 Å². The number of nitrogens with zero attached hydrogens (tertiary/aromatic N) is 1. The molecule has 0 aromatic heterocycles. The lowest BCUT2D eigenvalue weighted by molar-refractivity contribution is 0.317. The number of benzene rings is 2. The van der Waals surface area contributed by atoms with Gasteiger partial charge in [0.2, 0.25) is 0 Å². The molecule has 1 saturated heterocycles. The van der Waals surface area contributed by atoms with Gasteiger partial charge in [0.1, 0.15) is 0 Å². The minimum atomic E-state index is 0.622. The Hall–Kier alpha value is -1.58. The van der Waals surface area contributed by atoms with Crippen LogP contribution in [0.2, 0.25) is 0 Å². The van der Waals surface area contributed by atoms with Crippen molar-refractivity contribution in [1.82, 2.24) is 10.2 Å². The molecule has 1 heterocycles. The average Bonchev–Trinajstić information content (AvgIpc) is 3.24. The molecule has 1 unspecified atom stereocenters. The van der Waals surface area contributed by atoms with Gasteiger partial charge >= 0.3 is 0 Å². The van der Waals surface area contributed by atoms with Gasteiger partial charge in [-0.15, -0.1) is 0 Å². The van der Waals surface area contributed by atoms with E-state index in [2.05, 4.69) is 46.6 Å². The molecule has 2 fully saturated rings. The van der Waals surface area contributed by atoms with Crippen molar-refractivity contribution in [1.29, 1.82) is 0 Å². The molecule has 0 amide bonds. The summed E-state index contributed by atoms with van der Waals surface area (Å²) in [7, 11) is 0. The summed E-state index contributed by atoms with van der Waals surface area (Å²) >= 11 is 0. The first-order valence-corrected chi connectivity index (χ1v) is 8.04. The topological polar surface area (TPSA) is 41.3 Å². The molecular formula is C18H23N3. The van der Waals surface area contributed by atoms with Crippen molar-refractivity contribution in [3.63, 3.8) is 0 Å². The molecule has 110 valence electrons. The number of likely N-dealkylation sites (tertiary alicyclic amines) is 1. The lowest BCUT2D eigenvalue weighted by Crippen LogP contribution is -2.33. The number of nitrogens with two attached hydrogens (primary N) is 1. The van der Waals surface area contributed by atoms with Crippen LogP contribution in [-0.2, 0) is 6.54 Å². The van der Waals surface area contributed by atoms with Crippen LogP contribution in [0.5, 0.6) is 0 Å². The van der Waals surface area contributed by atoms with Gasteiger partial charge in [-0.05, 0) is 47.7 Å². The van der Waals surface area contributed by atoms with Crippen LogP contribution in [-0.4, -0.2) is 30.1 Å². The third-order valence-corrected chi connectivity index (χ3v) is 4.87. The maximum atomic E-state index is 6.21. The zero-order chi connectivity index (χ0) is 14.2. The molecule has 1 aliphatic heterocycles. The van der Waals surface area contributed by atoms with Gasteiger partial charge in [0, 0.05) is 37.4 Å². The highest BCUT2D eigenvalue weighted by molar-refractivity contribution is 5.86. The Morgan fingerprint density at radius 3 is 2.62 bits per heavy atom. The minimum absolute atomic E-state index is 0.622. The van der Waals surface area contributed by atoms with E-state index in [9.17, 15) is 0 Å². The fraction of sp³-hybridized carbons (Fsp3) is 0.444. The summed E-state index contributed by atoms with van der Waals surface area (Å²) in [5.41, 5.74) is 8.33. The fourth-order valence-corrected chi connectivity index (χ4v) is 3.44. The van der Waals surface area contributed by atoms with E-state index < -0.39 is 0 Å². The maximum Gasteiger partial charge on any atom is 0.0366 e. The molecule has 0 spiro atoms. The van der Waals surface area contributed by atoms with E-state index in [4.69, 9.17) is 5.73 Å². The number of hydrogen-bond acceptors (Lipinski definition) is 3. The molecule has 0 bridgehead atoms. The predicted octanol–water partition coefficient (Wildman–Crippen LogP) is 2.75. The Bertz CT molecular complexity index is 648. The van der Waals surface area contributed by atoms with Crippen molar-refractivity contribution in [3.8, 4) is 0 Å². The lowest BCUT2D eigenvalue weighted by Gasteiger charge is -2.16. The van der Waals surface area contributed by atoms with Gasteiger partial charge < -0.3 is 11.1 Å². The Morgan fingerprint density at radius 1 is 1.10 bits per heavy atom. The van der Waals surface area contributed by atoms with Crippen LogP contribution < -0.4 is 11.1 Å². The Balaban J connectivity index is 1.43. The van der Waals surface area contributed by atoms with Crippen LogP contribution in [0.3, 0.4) is 0 Å². The van der Waals surface area contributed by atoms with Crippen molar-refractivity contribution in [2.75, 3.05) is 18.8 Å². The Labute approximate surface area is 126 Å². The molecule has 4 rings (SSSR count). The number of nitrogen functional groups attached to an aromatic ring is 1. The van der Waals surface area contributed by atoms with Crippen molar-refractivity contribution in [2.45, 2.75) is 37.9 Å². The molecule has 3 heteroatoms. The summed E-state index contributed by atoms with van der Waals surface area (Å²) in [6.45, 7) is 3.34. The van der Waals surface area contributed by atoms with E-state index in [0.29, 0.717) is 6.04 Å². The molecule has 2 aromatic carbocycles. The van der Waals surface area contributed by atoms with E-state index in [1.165, 1.54) is 48.7 Å². The van der Waals surface area contributed by atoms with Crippen LogP contribution in [0.25, 0.3) is 10.8 Å². The molecule has 2 aliphatic rings. The lowest BCUT2D eigenvalue weighted by atomic mass is 10.0. The third kappa shape index (κ3) is 2.76. The van der Waals surface area contributed by atoms with E-state index >= 15 is 0 Å². The van der Waals surface area contributed by atoms with Crippen molar-refractivity contribution < 1.29 is 0 Å². The van der Waals surface area contributed by atoms with E-state index in [0.717, 1.165) is 18.3 Å². The zero-order valence-electron chi connectivity index (χ0n) is 12.4. The molecule has 3 nitrogen and oxygen atoms in total. The summed E-state index contributed by atoms with van der Waals surface area (Å²) in [4.78, 5) is 2.64. The number of nitrogens with one attached hydrogen (secondary N) is 1. The van der Waals surface area contributed by atoms with Gasteiger partial charge in [0.15, 0.2) is 0 Å². The summed E-state index contributed by atoms with van der Waals surface area (Å²) in [5, 5.41) is 6.19. The van der Waals surface area contributed by atoms with Gasteiger partial charge in [-0.25, -0.2) is 0 Å². The molecule has 1 saturated carbocycles. The summed E-state index contributed by atoms with van der Waals surface area (Å²) in [6, 6.07) is 14.3. The normalized spacial score (nSPS) is 23.0. The second kappa shape index (κ2) is 5.32. The second-order valence-corrected chi connectivity index (χ2v) is 6.49. The largest absolute Gasteiger partial charge is 0.398 e. The highest BCUT2D eigenvalue weighted by Crippen LogP contribution is 2.30. The monoisotopic (exact) mass is 281 g/mol. The number of fused-ring (bicyclic) bond motifs is 1. The third-order valence-electron chi connectivity index (χ3n) is 4.87. The number of rotatable bonds is 4. The highest BCUT2D eigenvalue weighted by Gasteiger charge is 2.34. The SMILES string of the molecule is Nc1cc2ccccc2cc1CNC1CCN(C2CC2)C1. The standard InChI is InChI=1S/C18H23N3/c19-18-10-14-4-2-1-3-13(14)9-15(18)11-20-16-7-8-21(12-16)17-5-6-17/h1-4,9-10,16-17,20H,5-8,11-12,19H2. The number of hydrogen-bond donors (Lipinski definition) is 2. The summed E-state index contributed by atoms with van der Waals surface area (Å²) in [5.74, 6) is 0. The molecule has 21 heavy (non-hydrogen) atoms. The minimum Gasteiger partial charge on any atom is -0.398 e. The first-order chi connectivity index (χ1) is 10.3. The number of anilines is 1. The van der Waals surface area contributed by atoms with Crippen molar-refractivity contribution >= 4 is 16.5 Å². The van der Waals surface area contributed by atoms with E-state index in [1.807, 2.05) is 0 Å². The van der Waals surface area contributed by atoms with Gasteiger partial charge in [0.25, 0.3) is 0 Å². The van der Waals surface area contributed by atoms with Crippen LogP contribution in [0.15, 0.2) is 36.4 Å². The molecule has 2 aromatic rings. The van der Waals surface area contributed by atoms with Gasteiger partial charge in [-0.2, -0.15) is 0 Å². The summed E-state index contributed by atoms with van der Waals surface area (Å²) in [6.07, 6.45) is 4.08. The predicted molar refractivity (Wildman–Crippen MR) is 88.2 cm³/mol. The van der Waals surface area contributed by atoms with Crippen LogP contribution in [0, 0.1) is 0 Å². The maximum absolute atomic E-state index is 6.21. The first-order valence-electron chi connectivity index (χ1n) is 8.04. The van der Waals surface area contributed by atoms with E-state index in [-0.39, 0.29) is 0 Å². The molecular weight excluding hydrogens is 258 g/mol. The molecule has 0 radical (unpaired) electrons. The smallest absolute Gasteiger partial charge is 0.0366 e. The average molecular weight is 281 g/mol.